The molecule has 0 atom stereocenters. The molecule has 0 spiro atoms. The number of hydrogen-bond donors (Lipinski definition) is 0. The second kappa shape index (κ2) is 14.6. The third kappa shape index (κ3) is 7.97. The van der Waals surface area contributed by atoms with E-state index in [1.165, 1.54) is 60.7 Å². The Labute approximate surface area is 343 Å². The summed E-state index contributed by atoms with van der Waals surface area (Å²) in [6.45, 7) is 29.6. The molecule has 0 N–H and O–H groups in total. The number of rotatable bonds is 6. The molecule has 0 saturated carbocycles. The molecule has 2 heteroatoms. The summed E-state index contributed by atoms with van der Waals surface area (Å²) in [6.07, 6.45) is 0. The molecule has 292 valence electrons. The summed E-state index contributed by atoms with van der Waals surface area (Å²) < 4.78 is 0. The van der Waals surface area contributed by atoms with Crippen LogP contribution < -0.4 is 9.80 Å². The molecular weight excluding hydrogens is 689 g/mol. The van der Waals surface area contributed by atoms with Crippen LogP contribution in [-0.2, 0) is 21.7 Å². The highest BCUT2D eigenvalue weighted by Crippen LogP contribution is 2.51. The molecule has 0 amide bonds. The van der Waals surface area contributed by atoms with Gasteiger partial charge in [-0.2, -0.15) is 0 Å². The van der Waals surface area contributed by atoms with Gasteiger partial charge in [-0.3, -0.25) is 0 Å². The first-order valence-electron chi connectivity index (χ1n) is 20.7. The topological polar surface area (TPSA) is 6.48 Å². The number of fused-ring (bicyclic) bond motifs is 2. The molecule has 0 unspecified atom stereocenters. The molecule has 7 aromatic carbocycles. The van der Waals surface area contributed by atoms with E-state index in [9.17, 15) is 0 Å². The van der Waals surface area contributed by atoms with E-state index in [0.29, 0.717) is 0 Å². The summed E-state index contributed by atoms with van der Waals surface area (Å²) in [5.74, 6) is 0. The Hall–Kier alpha value is -5.34. The van der Waals surface area contributed by atoms with Crippen LogP contribution in [0.4, 0.5) is 34.1 Å². The van der Waals surface area contributed by atoms with Gasteiger partial charge < -0.3 is 9.80 Å². The smallest absolute Gasteiger partial charge is 0.0620 e. The third-order valence-corrected chi connectivity index (χ3v) is 11.5. The van der Waals surface area contributed by atoms with Crippen molar-refractivity contribution in [3.8, 4) is 0 Å². The van der Waals surface area contributed by atoms with Crippen LogP contribution in [0.2, 0.25) is 0 Å². The fourth-order valence-corrected chi connectivity index (χ4v) is 7.99. The lowest BCUT2D eigenvalue weighted by atomic mass is 9.86. The highest BCUT2D eigenvalue weighted by Gasteiger charge is 2.27. The van der Waals surface area contributed by atoms with Crippen molar-refractivity contribution in [2.24, 2.45) is 0 Å². The Kier molecular flexibility index (Phi) is 10.2. The summed E-state index contributed by atoms with van der Waals surface area (Å²) in [5.41, 5.74) is 13.6. The highest BCUT2D eigenvalue weighted by atomic mass is 15.2. The van der Waals surface area contributed by atoms with Gasteiger partial charge in [-0.15, -0.1) is 0 Å². The standard InChI is InChI=1S/C55H62N2/c1-37-18-35-48-49(36-37)51(57(44-31-23-40(24-32-44)54(8,9)10)45-33-25-41(26-34-45)55(11,12)13)47-17-15-14-16-46(47)50(48)56(42-27-19-38(20-28-42)52(2,3)4)43-29-21-39(22-30-43)53(5,6)7/h14-36H,1-13H3. The summed E-state index contributed by atoms with van der Waals surface area (Å²) in [4.78, 5) is 4.98. The summed E-state index contributed by atoms with van der Waals surface area (Å²) >= 11 is 0. The van der Waals surface area contributed by atoms with Gasteiger partial charge in [0, 0.05) is 44.3 Å². The summed E-state index contributed by atoms with van der Waals surface area (Å²) in [7, 11) is 0. The SMILES string of the molecule is Cc1ccc2c(N(c3ccc(C(C)(C)C)cc3)c3ccc(C(C)(C)C)cc3)c3ccccc3c(N(c3ccc(C(C)(C)C)cc3)c3ccc(C(C)(C)C)cc3)c2c1. The number of nitrogens with zero attached hydrogens (tertiary/aromatic N) is 2. The van der Waals surface area contributed by atoms with Gasteiger partial charge in [-0.1, -0.05) is 174 Å². The van der Waals surface area contributed by atoms with Crippen molar-refractivity contribution in [1.29, 1.82) is 0 Å². The Balaban J connectivity index is 1.57. The largest absolute Gasteiger partial charge is 0.309 e. The maximum Gasteiger partial charge on any atom is 0.0620 e. The van der Waals surface area contributed by atoms with Crippen LogP contribution in [0.15, 0.2) is 140 Å². The lowest BCUT2D eigenvalue weighted by molar-refractivity contribution is 0.590. The number of benzene rings is 7. The van der Waals surface area contributed by atoms with E-state index in [-0.39, 0.29) is 21.7 Å². The van der Waals surface area contributed by atoms with Gasteiger partial charge in [-0.05, 0) is 105 Å². The first-order chi connectivity index (χ1) is 26.7. The van der Waals surface area contributed by atoms with Gasteiger partial charge in [0.05, 0.1) is 11.4 Å². The molecular formula is C55H62N2. The van der Waals surface area contributed by atoms with Gasteiger partial charge in [0.2, 0.25) is 0 Å². The van der Waals surface area contributed by atoms with E-state index in [1.807, 2.05) is 0 Å². The van der Waals surface area contributed by atoms with Gasteiger partial charge in [0.25, 0.3) is 0 Å². The van der Waals surface area contributed by atoms with Crippen LogP contribution in [-0.4, -0.2) is 0 Å². The van der Waals surface area contributed by atoms with E-state index in [0.717, 1.165) is 22.7 Å². The fourth-order valence-electron chi connectivity index (χ4n) is 7.99. The molecule has 0 bridgehead atoms. The molecule has 0 radical (unpaired) electrons. The zero-order valence-corrected chi connectivity index (χ0v) is 36.7. The quantitative estimate of drug-likeness (QED) is 0.123. The molecule has 7 rings (SSSR count). The maximum atomic E-state index is 2.49. The normalized spacial score (nSPS) is 12.6. The van der Waals surface area contributed by atoms with Crippen molar-refractivity contribution in [2.75, 3.05) is 9.80 Å². The Bertz CT molecular complexity index is 2400. The second-order valence-electron chi connectivity index (χ2n) is 20.2. The Morgan fingerprint density at radius 2 is 0.561 bits per heavy atom. The lowest BCUT2D eigenvalue weighted by Gasteiger charge is -2.34. The predicted molar refractivity (Wildman–Crippen MR) is 250 cm³/mol. The minimum atomic E-state index is 0.0511. The monoisotopic (exact) mass is 750 g/mol. The molecule has 0 fully saturated rings. The van der Waals surface area contributed by atoms with E-state index in [4.69, 9.17) is 0 Å². The predicted octanol–water partition coefficient (Wildman–Crippen LogP) is 16.4. The zero-order chi connectivity index (χ0) is 41.1. The van der Waals surface area contributed by atoms with Crippen molar-refractivity contribution in [2.45, 2.75) is 112 Å². The van der Waals surface area contributed by atoms with Gasteiger partial charge in [-0.25, -0.2) is 0 Å². The van der Waals surface area contributed by atoms with Crippen LogP contribution in [0.5, 0.6) is 0 Å². The molecule has 0 aliphatic rings. The molecule has 7 aromatic rings. The van der Waals surface area contributed by atoms with Crippen LogP contribution in [0, 0.1) is 6.92 Å². The van der Waals surface area contributed by atoms with Crippen molar-refractivity contribution < 1.29 is 0 Å². The van der Waals surface area contributed by atoms with E-state index in [2.05, 4.69) is 239 Å². The molecule has 0 heterocycles. The first kappa shape index (κ1) is 39.9. The van der Waals surface area contributed by atoms with Crippen LogP contribution in [0.3, 0.4) is 0 Å². The molecule has 57 heavy (non-hydrogen) atoms. The fraction of sp³-hybridized carbons (Fsp3) is 0.309. The van der Waals surface area contributed by atoms with Gasteiger partial charge in [0.1, 0.15) is 0 Å². The average Bonchev–Trinajstić information content (AvgIpc) is 3.15. The third-order valence-electron chi connectivity index (χ3n) is 11.5. The zero-order valence-electron chi connectivity index (χ0n) is 36.7. The Morgan fingerprint density at radius 3 is 0.842 bits per heavy atom. The van der Waals surface area contributed by atoms with E-state index < -0.39 is 0 Å². The van der Waals surface area contributed by atoms with Crippen molar-refractivity contribution in [1.82, 2.24) is 0 Å². The minimum Gasteiger partial charge on any atom is -0.309 e. The molecule has 0 saturated heterocycles. The number of hydrogen-bond acceptors (Lipinski definition) is 2. The van der Waals surface area contributed by atoms with E-state index in [1.54, 1.807) is 0 Å². The summed E-state index contributed by atoms with van der Waals surface area (Å²) in [6, 6.07) is 52.9. The lowest BCUT2D eigenvalue weighted by Crippen LogP contribution is -2.17. The van der Waals surface area contributed by atoms with Crippen LogP contribution in [0.25, 0.3) is 21.5 Å². The van der Waals surface area contributed by atoms with Crippen molar-refractivity contribution in [3.05, 3.63) is 167 Å². The second-order valence-corrected chi connectivity index (χ2v) is 20.2. The first-order valence-corrected chi connectivity index (χ1v) is 20.7. The van der Waals surface area contributed by atoms with Crippen molar-refractivity contribution >= 4 is 55.7 Å². The Morgan fingerprint density at radius 1 is 0.298 bits per heavy atom. The van der Waals surface area contributed by atoms with Crippen LogP contribution in [0.1, 0.15) is 111 Å². The van der Waals surface area contributed by atoms with Gasteiger partial charge in [0.15, 0.2) is 0 Å². The molecule has 0 aliphatic carbocycles. The maximum absolute atomic E-state index is 2.49. The number of aryl methyl sites for hydroxylation is 1. The molecule has 2 nitrogen and oxygen atoms in total. The molecule has 0 aromatic heterocycles. The minimum absolute atomic E-state index is 0.0511. The van der Waals surface area contributed by atoms with Crippen molar-refractivity contribution in [3.63, 3.8) is 0 Å². The highest BCUT2D eigenvalue weighted by molar-refractivity contribution is 6.23. The number of anilines is 6. The van der Waals surface area contributed by atoms with Crippen LogP contribution >= 0.6 is 0 Å². The van der Waals surface area contributed by atoms with Gasteiger partial charge >= 0.3 is 0 Å². The summed E-state index contributed by atoms with van der Waals surface area (Å²) in [5, 5.41) is 4.82. The van der Waals surface area contributed by atoms with E-state index >= 15 is 0 Å². The molecule has 0 aliphatic heterocycles. The average molecular weight is 751 g/mol.